The molecule has 2 rings (SSSR count). The summed E-state index contributed by atoms with van der Waals surface area (Å²) in [5.41, 5.74) is 2.18. The molecular weight excluding hydrogens is 300 g/mol. The van der Waals surface area contributed by atoms with Crippen molar-refractivity contribution in [2.24, 2.45) is 0 Å². The summed E-state index contributed by atoms with van der Waals surface area (Å²) in [7, 11) is 0. The molecule has 118 valence electrons. The Kier molecular flexibility index (Phi) is 5.38. The van der Waals surface area contributed by atoms with Crippen LogP contribution in [0.3, 0.4) is 0 Å². The number of thiocarbonyl (C=S) groups is 1. The Morgan fingerprint density at radius 1 is 1.23 bits per heavy atom. The smallest absolute Gasteiger partial charge is 0.338 e. The van der Waals surface area contributed by atoms with Gasteiger partial charge in [0.05, 0.1) is 24.8 Å². The van der Waals surface area contributed by atoms with Crippen molar-refractivity contribution < 1.29 is 14.3 Å². The largest absolute Gasteiger partial charge is 0.494 e. The second kappa shape index (κ2) is 7.26. The number of nitrogens with one attached hydrogen (secondary N) is 2. The van der Waals surface area contributed by atoms with Crippen LogP contribution in [0.2, 0.25) is 0 Å². The number of hydrogen-bond donors (Lipinski definition) is 2. The number of allylic oxidation sites excluding steroid dienone is 1. The maximum Gasteiger partial charge on any atom is 0.338 e. The lowest BCUT2D eigenvalue weighted by atomic mass is 9.95. The third kappa shape index (κ3) is 3.57. The van der Waals surface area contributed by atoms with Crippen LogP contribution in [0.25, 0.3) is 0 Å². The van der Waals surface area contributed by atoms with Gasteiger partial charge in [0.1, 0.15) is 5.75 Å². The van der Waals surface area contributed by atoms with Crippen LogP contribution in [-0.4, -0.2) is 24.3 Å². The van der Waals surface area contributed by atoms with Gasteiger partial charge in [-0.05, 0) is 50.7 Å². The molecule has 0 unspecified atom stereocenters. The molecule has 0 saturated heterocycles. The SMILES string of the molecule is CCOC(=O)C1=C(C)NC(=S)N[C@H]1c1ccc(OCC)cc1. The predicted molar refractivity (Wildman–Crippen MR) is 88.6 cm³/mol. The summed E-state index contributed by atoms with van der Waals surface area (Å²) in [6, 6.07) is 7.27. The van der Waals surface area contributed by atoms with Gasteiger partial charge in [-0.3, -0.25) is 0 Å². The minimum atomic E-state index is -0.346. The Morgan fingerprint density at radius 3 is 2.50 bits per heavy atom. The van der Waals surface area contributed by atoms with E-state index in [4.69, 9.17) is 21.7 Å². The summed E-state index contributed by atoms with van der Waals surface area (Å²) in [5, 5.41) is 6.59. The number of ether oxygens (including phenoxy) is 2. The van der Waals surface area contributed by atoms with Crippen molar-refractivity contribution in [3.63, 3.8) is 0 Å². The quantitative estimate of drug-likeness (QED) is 0.642. The standard InChI is InChI=1S/C16H20N2O3S/c1-4-20-12-8-6-11(7-9-12)14-13(15(19)21-5-2)10(3)17-16(22)18-14/h6-9,14H,4-5H2,1-3H3,(H2,17,18,22)/t14-/m0/s1. The Bertz CT molecular complexity index is 596. The van der Waals surface area contributed by atoms with Gasteiger partial charge in [0.25, 0.3) is 0 Å². The predicted octanol–water partition coefficient (Wildman–Crippen LogP) is 2.44. The highest BCUT2D eigenvalue weighted by Gasteiger charge is 2.30. The van der Waals surface area contributed by atoms with Crippen LogP contribution in [-0.2, 0) is 9.53 Å². The van der Waals surface area contributed by atoms with Crippen LogP contribution in [0.4, 0.5) is 0 Å². The van der Waals surface area contributed by atoms with Crippen LogP contribution >= 0.6 is 12.2 Å². The van der Waals surface area contributed by atoms with Crippen LogP contribution < -0.4 is 15.4 Å². The van der Waals surface area contributed by atoms with Crippen molar-refractivity contribution in [3.8, 4) is 5.75 Å². The number of rotatable bonds is 5. The molecule has 0 aliphatic carbocycles. The maximum atomic E-state index is 12.2. The van der Waals surface area contributed by atoms with E-state index < -0.39 is 0 Å². The summed E-state index contributed by atoms with van der Waals surface area (Å²) in [4.78, 5) is 12.2. The molecule has 0 saturated carbocycles. The van der Waals surface area contributed by atoms with E-state index in [2.05, 4.69) is 10.6 Å². The van der Waals surface area contributed by atoms with Gasteiger partial charge in [0, 0.05) is 5.70 Å². The second-order valence-electron chi connectivity index (χ2n) is 4.79. The first-order valence-electron chi connectivity index (χ1n) is 7.25. The number of carbonyl (C=O) groups excluding carboxylic acids is 1. The van der Waals surface area contributed by atoms with Gasteiger partial charge in [-0.2, -0.15) is 0 Å². The molecule has 5 nitrogen and oxygen atoms in total. The highest BCUT2D eigenvalue weighted by molar-refractivity contribution is 7.80. The van der Waals surface area contributed by atoms with Crippen molar-refractivity contribution in [2.75, 3.05) is 13.2 Å². The molecule has 2 N–H and O–H groups in total. The van der Waals surface area contributed by atoms with Crippen molar-refractivity contribution in [1.82, 2.24) is 10.6 Å². The summed E-state index contributed by atoms with van der Waals surface area (Å²) in [5.74, 6) is 0.447. The zero-order valence-corrected chi connectivity index (χ0v) is 13.8. The Hall–Kier alpha value is -2.08. The normalized spacial score (nSPS) is 17.6. The number of benzene rings is 1. The van der Waals surface area contributed by atoms with E-state index in [0.717, 1.165) is 11.3 Å². The lowest BCUT2D eigenvalue weighted by molar-refractivity contribution is -0.139. The van der Waals surface area contributed by atoms with Gasteiger partial charge in [-0.25, -0.2) is 4.79 Å². The number of esters is 1. The average molecular weight is 320 g/mol. The van der Waals surface area contributed by atoms with Crippen molar-refractivity contribution >= 4 is 23.3 Å². The Balaban J connectivity index is 2.34. The van der Waals surface area contributed by atoms with E-state index in [0.29, 0.717) is 29.6 Å². The molecule has 1 aromatic carbocycles. The Morgan fingerprint density at radius 2 is 1.91 bits per heavy atom. The molecule has 0 radical (unpaired) electrons. The first-order chi connectivity index (χ1) is 10.6. The van der Waals surface area contributed by atoms with E-state index in [9.17, 15) is 4.79 Å². The average Bonchev–Trinajstić information content (AvgIpc) is 2.47. The lowest BCUT2D eigenvalue weighted by Crippen LogP contribution is -2.45. The van der Waals surface area contributed by atoms with Gasteiger partial charge in [0.2, 0.25) is 0 Å². The van der Waals surface area contributed by atoms with Gasteiger partial charge < -0.3 is 20.1 Å². The van der Waals surface area contributed by atoms with Crippen molar-refractivity contribution in [1.29, 1.82) is 0 Å². The second-order valence-corrected chi connectivity index (χ2v) is 5.20. The first kappa shape index (κ1) is 16.3. The van der Waals surface area contributed by atoms with E-state index in [1.165, 1.54) is 0 Å². The maximum absolute atomic E-state index is 12.2. The van der Waals surface area contributed by atoms with Crippen LogP contribution in [0.15, 0.2) is 35.5 Å². The van der Waals surface area contributed by atoms with E-state index in [1.807, 2.05) is 38.1 Å². The molecule has 6 heteroatoms. The fourth-order valence-corrected chi connectivity index (χ4v) is 2.62. The minimum absolute atomic E-state index is 0.329. The van der Waals surface area contributed by atoms with Gasteiger partial charge in [-0.15, -0.1) is 0 Å². The number of carbonyl (C=O) groups is 1. The molecule has 1 aromatic rings. The first-order valence-corrected chi connectivity index (χ1v) is 7.65. The molecule has 0 bridgehead atoms. The van der Waals surface area contributed by atoms with Crippen LogP contribution in [0.1, 0.15) is 32.4 Å². The highest BCUT2D eigenvalue weighted by Crippen LogP contribution is 2.28. The van der Waals surface area contributed by atoms with E-state index in [1.54, 1.807) is 6.92 Å². The minimum Gasteiger partial charge on any atom is -0.494 e. The third-order valence-electron chi connectivity index (χ3n) is 3.29. The van der Waals surface area contributed by atoms with Crippen LogP contribution in [0.5, 0.6) is 5.75 Å². The summed E-state index contributed by atoms with van der Waals surface area (Å²) >= 11 is 5.20. The zero-order chi connectivity index (χ0) is 16.1. The molecular formula is C16H20N2O3S. The highest BCUT2D eigenvalue weighted by atomic mass is 32.1. The molecule has 1 atom stereocenters. The molecule has 1 aliphatic rings. The van der Waals surface area contributed by atoms with E-state index in [-0.39, 0.29) is 12.0 Å². The molecule has 1 aliphatic heterocycles. The topological polar surface area (TPSA) is 59.6 Å². The summed E-state index contributed by atoms with van der Waals surface area (Å²) in [6.07, 6.45) is 0. The molecule has 0 aromatic heterocycles. The fourth-order valence-electron chi connectivity index (χ4n) is 2.35. The number of hydrogen-bond acceptors (Lipinski definition) is 4. The van der Waals surface area contributed by atoms with Gasteiger partial charge >= 0.3 is 5.97 Å². The fraction of sp³-hybridized carbons (Fsp3) is 0.375. The lowest BCUT2D eigenvalue weighted by Gasteiger charge is -2.29. The van der Waals surface area contributed by atoms with Crippen molar-refractivity contribution in [2.45, 2.75) is 26.8 Å². The molecule has 0 fully saturated rings. The summed E-state index contributed by atoms with van der Waals surface area (Å²) < 4.78 is 10.6. The molecule has 0 amide bonds. The van der Waals surface area contributed by atoms with Gasteiger partial charge in [0.15, 0.2) is 5.11 Å². The van der Waals surface area contributed by atoms with Crippen molar-refractivity contribution in [3.05, 3.63) is 41.1 Å². The third-order valence-corrected chi connectivity index (χ3v) is 3.51. The summed E-state index contributed by atoms with van der Waals surface area (Å²) in [6.45, 7) is 6.48. The Labute approximate surface area is 135 Å². The van der Waals surface area contributed by atoms with Crippen LogP contribution in [0, 0.1) is 0 Å². The monoisotopic (exact) mass is 320 g/mol. The van der Waals surface area contributed by atoms with Gasteiger partial charge in [-0.1, -0.05) is 12.1 Å². The molecule has 0 spiro atoms. The molecule has 22 heavy (non-hydrogen) atoms. The molecule has 1 heterocycles. The van der Waals surface area contributed by atoms with E-state index >= 15 is 0 Å². The zero-order valence-electron chi connectivity index (χ0n) is 12.9.